The second-order valence-electron chi connectivity index (χ2n) is 4.32. The lowest BCUT2D eigenvalue weighted by Gasteiger charge is -2.03. The minimum Gasteiger partial charge on any atom is -0.494 e. The lowest BCUT2D eigenvalue weighted by atomic mass is 10.1. The van der Waals surface area contributed by atoms with Crippen LogP contribution >= 0.6 is 23.2 Å². The Morgan fingerprint density at radius 3 is 2.48 bits per heavy atom. The van der Waals surface area contributed by atoms with Crippen molar-refractivity contribution in [3.63, 3.8) is 0 Å². The lowest BCUT2D eigenvalue weighted by molar-refractivity contribution is 0.104. The molecular formula is C17H14Cl2O2. The summed E-state index contributed by atoms with van der Waals surface area (Å²) < 4.78 is 5.34. The molecule has 0 heterocycles. The molecule has 2 rings (SSSR count). The van der Waals surface area contributed by atoms with Crippen LogP contribution in [0.1, 0.15) is 22.8 Å². The summed E-state index contributed by atoms with van der Waals surface area (Å²) in [6.45, 7) is 2.51. The van der Waals surface area contributed by atoms with Crippen LogP contribution in [-0.4, -0.2) is 12.4 Å². The van der Waals surface area contributed by atoms with Gasteiger partial charge in [0.2, 0.25) is 0 Å². The summed E-state index contributed by atoms with van der Waals surface area (Å²) in [4.78, 5) is 12.1. The monoisotopic (exact) mass is 320 g/mol. The number of allylic oxidation sites excluding steroid dienone is 1. The van der Waals surface area contributed by atoms with Crippen LogP contribution in [0.2, 0.25) is 10.0 Å². The number of benzene rings is 2. The molecular weight excluding hydrogens is 307 g/mol. The number of ether oxygens (including phenoxy) is 1. The van der Waals surface area contributed by atoms with E-state index in [0.717, 1.165) is 11.3 Å². The molecule has 0 aliphatic heterocycles. The van der Waals surface area contributed by atoms with E-state index in [2.05, 4.69) is 0 Å². The number of rotatable bonds is 5. The average Bonchev–Trinajstić information content (AvgIpc) is 2.47. The quantitative estimate of drug-likeness (QED) is 0.552. The molecule has 2 aromatic rings. The minimum absolute atomic E-state index is 0.0935. The van der Waals surface area contributed by atoms with Gasteiger partial charge in [-0.2, -0.15) is 0 Å². The van der Waals surface area contributed by atoms with Gasteiger partial charge in [0.25, 0.3) is 0 Å². The Labute approximate surface area is 134 Å². The molecule has 0 aromatic heterocycles. The summed E-state index contributed by atoms with van der Waals surface area (Å²) in [6, 6.07) is 12.2. The molecule has 0 saturated carbocycles. The molecule has 0 spiro atoms. The standard InChI is InChI=1S/C17H14Cl2O2/c1-2-21-15-8-4-13(5-9-15)17(20)10-6-12-3-7-14(18)11-16(12)19/h3-11H,2H2,1H3/b10-6+. The Bertz CT molecular complexity index is 661. The molecule has 108 valence electrons. The zero-order chi connectivity index (χ0) is 15.2. The number of halogens is 2. The topological polar surface area (TPSA) is 26.3 Å². The van der Waals surface area contributed by atoms with Gasteiger partial charge in [-0.15, -0.1) is 0 Å². The van der Waals surface area contributed by atoms with Crippen molar-refractivity contribution in [2.45, 2.75) is 6.92 Å². The maximum absolute atomic E-state index is 12.1. The molecule has 0 bridgehead atoms. The maximum atomic E-state index is 12.1. The molecule has 4 heteroatoms. The van der Waals surface area contributed by atoms with Gasteiger partial charge in [-0.05, 0) is 61.0 Å². The second kappa shape index (κ2) is 7.30. The van der Waals surface area contributed by atoms with Gasteiger partial charge in [0, 0.05) is 15.6 Å². The van der Waals surface area contributed by atoms with Crippen molar-refractivity contribution in [2.75, 3.05) is 6.61 Å². The summed E-state index contributed by atoms with van der Waals surface area (Å²) in [5.74, 6) is 0.655. The van der Waals surface area contributed by atoms with Crippen LogP contribution in [0.3, 0.4) is 0 Å². The van der Waals surface area contributed by atoms with Crippen molar-refractivity contribution < 1.29 is 9.53 Å². The maximum Gasteiger partial charge on any atom is 0.185 e. The first-order valence-corrected chi connectivity index (χ1v) is 7.26. The van der Waals surface area contributed by atoms with Gasteiger partial charge in [-0.25, -0.2) is 0 Å². The van der Waals surface area contributed by atoms with Gasteiger partial charge in [0.15, 0.2) is 5.78 Å². The van der Waals surface area contributed by atoms with Crippen LogP contribution in [0, 0.1) is 0 Å². The fourth-order valence-electron chi connectivity index (χ4n) is 1.78. The first-order chi connectivity index (χ1) is 10.1. The Morgan fingerprint density at radius 2 is 1.86 bits per heavy atom. The van der Waals surface area contributed by atoms with E-state index in [0.29, 0.717) is 22.2 Å². The zero-order valence-corrected chi connectivity index (χ0v) is 13.0. The van der Waals surface area contributed by atoms with Crippen molar-refractivity contribution in [1.29, 1.82) is 0 Å². The van der Waals surface area contributed by atoms with E-state index in [9.17, 15) is 4.79 Å². The smallest absolute Gasteiger partial charge is 0.185 e. The molecule has 0 atom stereocenters. The van der Waals surface area contributed by atoms with Crippen LogP contribution < -0.4 is 4.74 Å². The van der Waals surface area contributed by atoms with Crippen molar-refractivity contribution in [2.24, 2.45) is 0 Å². The summed E-state index contributed by atoms with van der Waals surface area (Å²) >= 11 is 11.9. The summed E-state index contributed by atoms with van der Waals surface area (Å²) in [6.07, 6.45) is 3.17. The van der Waals surface area contributed by atoms with Crippen LogP contribution in [0.25, 0.3) is 6.08 Å². The third-order valence-corrected chi connectivity index (χ3v) is 3.39. The number of carbonyl (C=O) groups excluding carboxylic acids is 1. The van der Waals surface area contributed by atoms with Crippen LogP contribution in [0.4, 0.5) is 0 Å². The van der Waals surface area contributed by atoms with E-state index in [1.165, 1.54) is 6.08 Å². The van der Waals surface area contributed by atoms with Crippen LogP contribution in [0.15, 0.2) is 48.5 Å². The SMILES string of the molecule is CCOc1ccc(C(=O)/C=C/c2ccc(Cl)cc2Cl)cc1. The molecule has 0 unspecified atom stereocenters. The molecule has 0 N–H and O–H groups in total. The second-order valence-corrected chi connectivity index (χ2v) is 5.16. The largest absolute Gasteiger partial charge is 0.494 e. The highest BCUT2D eigenvalue weighted by molar-refractivity contribution is 6.35. The van der Waals surface area contributed by atoms with Gasteiger partial charge in [-0.3, -0.25) is 4.79 Å². The highest BCUT2D eigenvalue weighted by Gasteiger charge is 2.03. The molecule has 0 aliphatic carbocycles. The van der Waals surface area contributed by atoms with Crippen LogP contribution in [0.5, 0.6) is 5.75 Å². The minimum atomic E-state index is -0.0935. The van der Waals surface area contributed by atoms with Crippen LogP contribution in [-0.2, 0) is 0 Å². The van der Waals surface area contributed by atoms with E-state index in [-0.39, 0.29) is 5.78 Å². The van der Waals surface area contributed by atoms with Crippen molar-refractivity contribution in [1.82, 2.24) is 0 Å². The fourth-order valence-corrected chi connectivity index (χ4v) is 2.25. The predicted molar refractivity (Wildman–Crippen MR) is 87.4 cm³/mol. The molecule has 2 nitrogen and oxygen atoms in total. The molecule has 21 heavy (non-hydrogen) atoms. The Morgan fingerprint density at radius 1 is 1.14 bits per heavy atom. The van der Waals surface area contributed by atoms with Gasteiger partial charge in [0.1, 0.15) is 5.75 Å². The van der Waals surface area contributed by atoms with E-state index < -0.39 is 0 Å². The summed E-state index contributed by atoms with van der Waals surface area (Å²) in [7, 11) is 0. The average molecular weight is 321 g/mol. The van der Waals surface area contributed by atoms with Gasteiger partial charge in [-0.1, -0.05) is 29.3 Å². The first kappa shape index (κ1) is 15.6. The molecule has 0 radical (unpaired) electrons. The molecule has 0 saturated heterocycles. The molecule has 2 aromatic carbocycles. The van der Waals surface area contributed by atoms with Crippen molar-refractivity contribution in [3.05, 3.63) is 69.7 Å². The molecule has 0 fully saturated rings. The lowest BCUT2D eigenvalue weighted by Crippen LogP contribution is -1.95. The first-order valence-electron chi connectivity index (χ1n) is 6.50. The summed E-state index contributed by atoms with van der Waals surface area (Å²) in [5, 5.41) is 1.08. The third kappa shape index (κ3) is 4.35. The normalized spacial score (nSPS) is 10.8. The van der Waals surface area contributed by atoms with Gasteiger partial charge < -0.3 is 4.74 Å². The van der Waals surface area contributed by atoms with Gasteiger partial charge >= 0.3 is 0 Å². The number of hydrogen-bond donors (Lipinski definition) is 0. The van der Waals surface area contributed by atoms with Gasteiger partial charge in [0.05, 0.1) is 6.61 Å². The van der Waals surface area contributed by atoms with E-state index >= 15 is 0 Å². The number of hydrogen-bond acceptors (Lipinski definition) is 2. The highest BCUT2D eigenvalue weighted by atomic mass is 35.5. The number of ketones is 1. The van der Waals surface area contributed by atoms with E-state index in [1.54, 1.807) is 48.5 Å². The summed E-state index contributed by atoms with van der Waals surface area (Å²) in [5.41, 5.74) is 1.35. The van der Waals surface area contributed by atoms with E-state index in [4.69, 9.17) is 27.9 Å². The molecule has 0 amide bonds. The van der Waals surface area contributed by atoms with Crippen molar-refractivity contribution in [3.8, 4) is 5.75 Å². The third-order valence-electron chi connectivity index (χ3n) is 2.83. The van der Waals surface area contributed by atoms with E-state index in [1.807, 2.05) is 6.92 Å². The Balaban J connectivity index is 2.11. The predicted octanol–water partition coefficient (Wildman–Crippen LogP) is 5.29. The van der Waals surface area contributed by atoms with Crippen molar-refractivity contribution >= 4 is 35.1 Å². The highest BCUT2D eigenvalue weighted by Crippen LogP contribution is 2.22. The molecule has 0 aliphatic rings. The Kier molecular flexibility index (Phi) is 5.43. The zero-order valence-electron chi connectivity index (χ0n) is 11.5. The number of carbonyl (C=O) groups is 1. The fraction of sp³-hybridized carbons (Fsp3) is 0.118. The Hall–Kier alpha value is -1.77.